The van der Waals surface area contributed by atoms with E-state index in [9.17, 15) is 0 Å². The molecular weight excluding hydrogens is 202 g/mol. The monoisotopic (exact) mass is 219 g/mol. The molecule has 3 atom stereocenters. The van der Waals surface area contributed by atoms with E-state index in [0.717, 1.165) is 12.4 Å². The van der Waals surface area contributed by atoms with Crippen molar-refractivity contribution in [1.82, 2.24) is 9.97 Å². The summed E-state index contributed by atoms with van der Waals surface area (Å²) >= 11 is 0. The normalized spacial score (nSPS) is 33.4. The zero-order valence-electron chi connectivity index (χ0n) is 9.30. The van der Waals surface area contributed by atoms with Crippen molar-refractivity contribution in [2.75, 3.05) is 11.9 Å². The molecule has 0 unspecified atom stereocenters. The highest BCUT2D eigenvalue weighted by Gasteiger charge is 2.37. The lowest BCUT2D eigenvalue weighted by Gasteiger charge is -2.33. The van der Waals surface area contributed by atoms with Gasteiger partial charge in [0.2, 0.25) is 0 Å². The van der Waals surface area contributed by atoms with Gasteiger partial charge < -0.3 is 10.1 Å². The Morgan fingerprint density at radius 1 is 1.25 bits per heavy atom. The molecule has 1 aromatic heterocycles. The number of nitrogens with zero attached hydrogens (tertiary/aromatic N) is 2. The second-order valence-electron chi connectivity index (χ2n) is 4.63. The third-order valence-corrected chi connectivity index (χ3v) is 3.68. The van der Waals surface area contributed by atoms with E-state index < -0.39 is 0 Å². The van der Waals surface area contributed by atoms with Crippen molar-refractivity contribution in [3.63, 3.8) is 0 Å². The van der Waals surface area contributed by atoms with Crippen molar-refractivity contribution >= 4 is 5.82 Å². The van der Waals surface area contributed by atoms with Crippen LogP contribution in [-0.2, 0) is 4.74 Å². The quantitative estimate of drug-likeness (QED) is 0.824. The summed E-state index contributed by atoms with van der Waals surface area (Å²) in [4.78, 5) is 8.35. The molecule has 2 fully saturated rings. The molecule has 1 saturated carbocycles. The summed E-state index contributed by atoms with van der Waals surface area (Å²) in [6, 6.07) is 0.512. The predicted molar refractivity (Wildman–Crippen MR) is 61.1 cm³/mol. The summed E-state index contributed by atoms with van der Waals surface area (Å²) in [5.41, 5.74) is 0. The van der Waals surface area contributed by atoms with Crippen LogP contribution in [-0.4, -0.2) is 28.7 Å². The number of nitrogens with one attached hydrogen (secondary N) is 1. The summed E-state index contributed by atoms with van der Waals surface area (Å²) in [6.45, 7) is 0.925. The lowest BCUT2D eigenvalue weighted by molar-refractivity contribution is 0.0619. The molecule has 0 aromatic carbocycles. The Bertz CT molecular complexity index is 343. The van der Waals surface area contributed by atoms with Crippen molar-refractivity contribution in [2.24, 2.45) is 5.92 Å². The molecule has 1 N–H and O–H groups in total. The molecule has 4 heteroatoms. The predicted octanol–water partition coefficient (Wildman–Crippen LogP) is 1.85. The van der Waals surface area contributed by atoms with Crippen LogP contribution in [0.5, 0.6) is 0 Å². The van der Waals surface area contributed by atoms with Gasteiger partial charge in [0.25, 0.3) is 0 Å². The Hall–Kier alpha value is -1.16. The third kappa shape index (κ3) is 1.89. The molecule has 0 bridgehead atoms. The smallest absolute Gasteiger partial charge is 0.144 e. The molecule has 1 aliphatic carbocycles. The van der Waals surface area contributed by atoms with E-state index in [-0.39, 0.29) is 0 Å². The van der Waals surface area contributed by atoms with E-state index in [1.807, 2.05) is 0 Å². The summed E-state index contributed by atoms with van der Waals surface area (Å²) in [5.74, 6) is 1.55. The van der Waals surface area contributed by atoms with E-state index >= 15 is 0 Å². The Balaban J connectivity index is 1.70. The lowest BCUT2D eigenvalue weighted by Crippen LogP contribution is -2.38. The second-order valence-corrected chi connectivity index (χ2v) is 4.63. The number of ether oxygens (including phenoxy) is 1. The van der Waals surface area contributed by atoms with E-state index in [1.165, 1.54) is 25.7 Å². The van der Waals surface area contributed by atoms with Crippen LogP contribution in [0, 0.1) is 5.92 Å². The maximum absolute atomic E-state index is 5.75. The van der Waals surface area contributed by atoms with Gasteiger partial charge in [-0.1, -0.05) is 0 Å². The first-order valence-electron chi connectivity index (χ1n) is 6.07. The fourth-order valence-electron chi connectivity index (χ4n) is 2.92. The summed E-state index contributed by atoms with van der Waals surface area (Å²) in [6.07, 6.45) is 10.6. The second kappa shape index (κ2) is 4.37. The first-order valence-corrected chi connectivity index (χ1v) is 6.07. The number of hydrogen-bond donors (Lipinski definition) is 1. The van der Waals surface area contributed by atoms with Gasteiger partial charge >= 0.3 is 0 Å². The zero-order chi connectivity index (χ0) is 10.8. The average molecular weight is 219 g/mol. The van der Waals surface area contributed by atoms with Crippen LogP contribution >= 0.6 is 0 Å². The number of aromatic nitrogens is 2. The highest BCUT2D eigenvalue weighted by molar-refractivity contribution is 5.32. The van der Waals surface area contributed by atoms with Gasteiger partial charge in [0.15, 0.2) is 0 Å². The molecule has 0 amide bonds. The fraction of sp³-hybridized carbons (Fsp3) is 0.667. The minimum Gasteiger partial charge on any atom is -0.378 e. The maximum Gasteiger partial charge on any atom is 0.144 e. The summed E-state index contributed by atoms with van der Waals surface area (Å²) in [7, 11) is 0. The van der Waals surface area contributed by atoms with Gasteiger partial charge in [0.05, 0.1) is 12.3 Å². The van der Waals surface area contributed by atoms with Crippen LogP contribution in [0.2, 0.25) is 0 Å². The molecular formula is C12H17N3O. The first-order chi connectivity index (χ1) is 7.93. The molecule has 86 valence electrons. The minimum atomic E-state index is 0.475. The Morgan fingerprint density at radius 2 is 2.25 bits per heavy atom. The van der Waals surface area contributed by atoms with Gasteiger partial charge in [-0.15, -0.1) is 0 Å². The van der Waals surface area contributed by atoms with Crippen LogP contribution in [0.3, 0.4) is 0 Å². The van der Waals surface area contributed by atoms with E-state index in [1.54, 1.807) is 18.6 Å². The number of anilines is 1. The van der Waals surface area contributed by atoms with Gasteiger partial charge in [0, 0.05) is 31.0 Å². The average Bonchev–Trinajstić information content (AvgIpc) is 2.80. The van der Waals surface area contributed by atoms with Crippen LogP contribution in [0.4, 0.5) is 5.82 Å². The SMILES string of the molecule is c1cnc(N[C@@H]2CCC[C@H]3OCC[C@@H]23)cn1. The van der Waals surface area contributed by atoms with Crippen LogP contribution in [0.25, 0.3) is 0 Å². The molecule has 3 rings (SSSR count). The molecule has 0 spiro atoms. The molecule has 16 heavy (non-hydrogen) atoms. The highest BCUT2D eigenvalue weighted by atomic mass is 16.5. The molecule has 2 aliphatic rings. The first kappa shape index (κ1) is 10.0. The topological polar surface area (TPSA) is 47.0 Å². The Morgan fingerprint density at radius 3 is 3.12 bits per heavy atom. The number of fused-ring (bicyclic) bond motifs is 1. The Labute approximate surface area is 95.4 Å². The lowest BCUT2D eigenvalue weighted by atomic mass is 9.82. The van der Waals surface area contributed by atoms with Gasteiger partial charge in [-0.2, -0.15) is 0 Å². The van der Waals surface area contributed by atoms with Crippen molar-refractivity contribution in [3.05, 3.63) is 18.6 Å². The van der Waals surface area contributed by atoms with Gasteiger partial charge in [-0.25, -0.2) is 4.98 Å². The third-order valence-electron chi connectivity index (χ3n) is 3.68. The molecule has 0 radical (unpaired) electrons. The molecule has 1 saturated heterocycles. The fourth-order valence-corrected chi connectivity index (χ4v) is 2.92. The number of hydrogen-bond acceptors (Lipinski definition) is 4. The standard InChI is InChI=1S/C12H17N3O/c1-2-10(9-4-7-16-11(9)3-1)15-12-8-13-5-6-14-12/h5-6,8-11H,1-4,7H2,(H,14,15)/t9-,10+,11+/m0/s1. The van der Waals surface area contributed by atoms with Gasteiger partial charge in [-0.3, -0.25) is 4.98 Å². The van der Waals surface area contributed by atoms with Crippen LogP contribution in [0.15, 0.2) is 18.6 Å². The van der Waals surface area contributed by atoms with E-state index in [4.69, 9.17) is 4.74 Å². The van der Waals surface area contributed by atoms with E-state index in [2.05, 4.69) is 15.3 Å². The summed E-state index contributed by atoms with van der Waals surface area (Å²) in [5, 5.41) is 3.50. The maximum atomic E-state index is 5.75. The molecule has 1 aliphatic heterocycles. The number of rotatable bonds is 2. The molecule has 4 nitrogen and oxygen atoms in total. The van der Waals surface area contributed by atoms with Crippen LogP contribution in [0.1, 0.15) is 25.7 Å². The van der Waals surface area contributed by atoms with Crippen LogP contribution < -0.4 is 5.32 Å². The Kier molecular flexibility index (Phi) is 2.74. The minimum absolute atomic E-state index is 0.475. The van der Waals surface area contributed by atoms with Gasteiger partial charge in [-0.05, 0) is 25.7 Å². The summed E-state index contributed by atoms with van der Waals surface area (Å²) < 4.78 is 5.75. The van der Waals surface area contributed by atoms with E-state index in [0.29, 0.717) is 18.1 Å². The zero-order valence-corrected chi connectivity index (χ0v) is 9.30. The van der Waals surface area contributed by atoms with Crippen molar-refractivity contribution < 1.29 is 4.74 Å². The largest absolute Gasteiger partial charge is 0.378 e. The van der Waals surface area contributed by atoms with Crippen molar-refractivity contribution in [2.45, 2.75) is 37.8 Å². The molecule has 2 heterocycles. The van der Waals surface area contributed by atoms with Gasteiger partial charge in [0.1, 0.15) is 5.82 Å². The molecule has 1 aromatic rings. The van der Waals surface area contributed by atoms with Crippen molar-refractivity contribution in [1.29, 1.82) is 0 Å². The van der Waals surface area contributed by atoms with Crippen molar-refractivity contribution in [3.8, 4) is 0 Å². The highest BCUT2D eigenvalue weighted by Crippen LogP contribution is 2.35.